The van der Waals surface area contributed by atoms with Crippen molar-refractivity contribution in [1.82, 2.24) is 18.7 Å². The van der Waals surface area contributed by atoms with Crippen LogP contribution in [0.15, 0.2) is 52.3 Å². The lowest BCUT2D eigenvalue weighted by Gasteiger charge is -2.06. The average molecular weight is 296 g/mol. The van der Waals surface area contributed by atoms with Gasteiger partial charge in [-0.05, 0) is 5.56 Å². The van der Waals surface area contributed by atoms with Crippen molar-refractivity contribution in [2.75, 3.05) is 0 Å². The number of fused-ring (bicyclic) bond motifs is 1. The van der Waals surface area contributed by atoms with Gasteiger partial charge in [-0.15, -0.1) is 0 Å². The topological polar surface area (TPSA) is 61.8 Å². The van der Waals surface area contributed by atoms with Gasteiger partial charge < -0.3 is 4.57 Å². The monoisotopic (exact) mass is 296 g/mol. The molecule has 0 spiro atoms. The summed E-state index contributed by atoms with van der Waals surface area (Å²) in [5, 5.41) is 0. The van der Waals surface area contributed by atoms with Crippen molar-refractivity contribution in [3.63, 3.8) is 0 Å². The van der Waals surface area contributed by atoms with Crippen molar-refractivity contribution in [3.05, 3.63) is 69.1 Å². The van der Waals surface area contributed by atoms with Crippen LogP contribution in [0.1, 0.15) is 5.56 Å². The van der Waals surface area contributed by atoms with Gasteiger partial charge in [0, 0.05) is 20.6 Å². The minimum atomic E-state index is -0.367. The molecule has 0 aliphatic carbocycles. The molecule has 6 heteroatoms. The molecule has 0 N–H and O–H groups in total. The van der Waals surface area contributed by atoms with Crippen molar-refractivity contribution < 1.29 is 0 Å². The maximum atomic E-state index is 12.5. The Labute approximate surface area is 126 Å². The molecule has 2 aromatic heterocycles. The zero-order valence-electron chi connectivity index (χ0n) is 12.4. The summed E-state index contributed by atoms with van der Waals surface area (Å²) in [7, 11) is 3.36. The Balaban J connectivity index is 2.04. The van der Waals surface area contributed by atoms with Crippen molar-refractivity contribution in [1.29, 1.82) is 0 Å². The molecular weight excluding hydrogens is 280 g/mol. The van der Waals surface area contributed by atoms with Gasteiger partial charge in [0.15, 0.2) is 11.2 Å². The SMILES string of the molecule is Cn1cnc2c1c(=O)n(C/C=C/c1ccccc1)c(=O)n2C. The first-order valence-corrected chi connectivity index (χ1v) is 6.92. The van der Waals surface area contributed by atoms with Gasteiger partial charge in [0.1, 0.15) is 0 Å². The average Bonchev–Trinajstić information content (AvgIpc) is 2.91. The Morgan fingerprint density at radius 1 is 1.14 bits per heavy atom. The van der Waals surface area contributed by atoms with Crippen LogP contribution in [0.25, 0.3) is 17.2 Å². The molecule has 0 aliphatic rings. The zero-order valence-corrected chi connectivity index (χ0v) is 12.4. The van der Waals surface area contributed by atoms with Crippen LogP contribution in [0.3, 0.4) is 0 Å². The minimum absolute atomic E-state index is 0.224. The van der Waals surface area contributed by atoms with Crippen LogP contribution in [-0.4, -0.2) is 18.7 Å². The highest BCUT2D eigenvalue weighted by molar-refractivity contribution is 5.69. The number of nitrogens with zero attached hydrogens (tertiary/aromatic N) is 4. The predicted octanol–water partition coefficient (Wildman–Crippen LogP) is 1.15. The maximum absolute atomic E-state index is 12.5. The lowest BCUT2D eigenvalue weighted by Crippen LogP contribution is -2.39. The van der Waals surface area contributed by atoms with Gasteiger partial charge in [-0.3, -0.25) is 13.9 Å². The van der Waals surface area contributed by atoms with E-state index >= 15 is 0 Å². The maximum Gasteiger partial charge on any atom is 0.332 e. The fourth-order valence-corrected chi connectivity index (χ4v) is 2.42. The van der Waals surface area contributed by atoms with E-state index in [-0.39, 0.29) is 17.8 Å². The third kappa shape index (κ3) is 2.28. The highest BCUT2D eigenvalue weighted by atomic mass is 16.2. The van der Waals surface area contributed by atoms with Crippen LogP contribution in [0.5, 0.6) is 0 Å². The number of hydrogen-bond acceptors (Lipinski definition) is 3. The van der Waals surface area contributed by atoms with E-state index in [1.54, 1.807) is 24.7 Å². The Bertz CT molecular complexity index is 961. The molecule has 3 rings (SSSR count). The molecule has 112 valence electrons. The molecule has 0 saturated carbocycles. The Morgan fingerprint density at radius 3 is 2.59 bits per heavy atom. The van der Waals surface area contributed by atoms with E-state index in [0.29, 0.717) is 11.2 Å². The van der Waals surface area contributed by atoms with E-state index in [9.17, 15) is 9.59 Å². The number of aromatic nitrogens is 4. The van der Waals surface area contributed by atoms with Gasteiger partial charge in [0.2, 0.25) is 0 Å². The highest BCUT2D eigenvalue weighted by Crippen LogP contribution is 2.04. The van der Waals surface area contributed by atoms with E-state index in [1.165, 1.54) is 15.5 Å². The van der Waals surface area contributed by atoms with Crippen molar-refractivity contribution in [3.8, 4) is 0 Å². The predicted molar refractivity (Wildman–Crippen MR) is 85.7 cm³/mol. The molecule has 3 aromatic rings. The lowest BCUT2D eigenvalue weighted by molar-refractivity contribution is 0.666. The number of rotatable bonds is 3. The molecule has 0 radical (unpaired) electrons. The Hall–Kier alpha value is -2.89. The van der Waals surface area contributed by atoms with Crippen molar-refractivity contribution in [2.24, 2.45) is 14.1 Å². The Kier molecular flexibility index (Phi) is 3.50. The van der Waals surface area contributed by atoms with Gasteiger partial charge >= 0.3 is 5.69 Å². The first kappa shape index (κ1) is 14.1. The van der Waals surface area contributed by atoms with E-state index in [2.05, 4.69) is 4.98 Å². The lowest BCUT2D eigenvalue weighted by atomic mass is 10.2. The standard InChI is InChI=1S/C16H16N4O2/c1-18-11-17-14-13(18)15(21)20(16(22)19(14)2)10-6-9-12-7-4-3-5-8-12/h3-9,11H,10H2,1-2H3/b9-6+. The zero-order chi connectivity index (χ0) is 15.7. The van der Waals surface area contributed by atoms with Gasteiger partial charge in [0.05, 0.1) is 6.33 Å². The second-order valence-corrected chi connectivity index (χ2v) is 5.10. The minimum Gasteiger partial charge on any atom is -0.328 e. The smallest absolute Gasteiger partial charge is 0.328 e. The summed E-state index contributed by atoms with van der Waals surface area (Å²) >= 11 is 0. The van der Waals surface area contributed by atoms with Crippen LogP contribution in [0, 0.1) is 0 Å². The fraction of sp³-hybridized carbons (Fsp3) is 0.188. The van der Waals surface area contributed by atoms with Gasteiger partial charge in [-0.1, -0.05) is 42.5 Å². The molecule has 0 aliphatic heterocycles. The summed E-state index contributed by atoms with van der Waals surface area (Å²) in [6.07, 6.45) is 5.23. The number of hydrogen-bond donors (Lipinski definition) is 0. The third-order valence-electron chi connectivity index (χ3n) is 3.60. The summed E-state index contributed by atoms with van der Waals surface area (Å²) in [5.74, 6) is 0. The molecule has 0 atom stereocenters. The van der Waals surface area contributed by atoms with E-state index < -0.39 is 0 Å². The van der Waals surface area contributed by atoms with Gasteiger partial charge in [-0.2, -0.15) is 0 Å². The molecular formula is C16H16N4O2. The molecule has 0 saturated heterocycles. The molecule has 0 unspecified atom stereocenters. The van der Waals surface area contributed by atoms with Crippen molar-refractivity contribution in [2.45, 2.75) is 6.54 Å². The van der Waals surface area contributed by atoms with Crippen LogP contribution in [0.2, 0.25) is 0 Å². The van der Waals surface area contributed by atoms with E-state index in [1.807, 2.05) is 36.4 Å². The first-order valence-electron chi connectivity index (χ1n) is 6.92. The quantitative estimate of drug-likeness (QED) is 0.728. The van der Waals surface area contributed by atoms with Crippen LogP contribution in [-0.2, 0) is 20.6 Å². The number of allylic oxidation sites excluding steroid dienone is 1. The Morgan fingerprint density at radius 2 is 1.86 bits per heavy atom. The number of imidazole rings is 1. The molecule has 0 bridgehead atoms. The molecule has 0 amide bonds. The summed E-state index contributed by atoms with van der Waals surface area (Å²) in [5.41, 5.74) is 1.16. The van der Waals surface area contributed by atoms with Crippen LogP contribution in [0.4, 0.5) is 0 Å². The number of benzene rings is 1. The summed E-state index contributed by atoms with van der Waals surface area (Å²) in [6, 6.07) is 9.73. The van der Waals surface area contributed by atoms with Gasteiger partial charge in [0.25, 0.3) is 5.56 Å². The van der Waals surface area contributed by atoms with Crippen LogP contribution < -0.4 is 11.2 Å². The molecule has 0 fully saturated rings. The largest absolute Gasteiger partial charge is 0.332 e. The molecule has 2 heterocycles. The second-order valence-electron chi connectivity index (χ2n) is 5.10. The number of aryl methyl sites for hydroxylation is 2. The first-order chi connectivity index (χ1) is 10.6. The summed E-state index contributed by atoms with van der Waals surface area (Å²) in [6.45, 7) is 0.224. The summed E-state index contributed by atoms with van der Waals surface area (Å²) in [4.78, 5) is 28.9. The molecule has 6 nitrogen and oxygen atoms in total. The van der Waals surface area contributed by atoms with Crippen LogP contribution >= 0.6 is 0 Å². The molecule has 22 heavy (non-hydrogen) atoms. The fourth-order valence-electron chi connectivity index (χ4n) is 2.42. The van der Waals surface area contributed by atoms with E-state index in [0.717, 1.165) is 5.56 Å². The van der Waals surface area contributed by atoms with Gasteiger partial charge in [-0.25, -0.2) is 9.78 Å². The van der Waals surface area contributed by atoms with Crippen molar-refractivity contribution >= 4 is 17.2 Å². The summed E-state index contributed by atoms with van der Waals surface area (Å²) < 4.78 is 4.24. The highest BCUT2D eigenvalue weighted by Gasteiger charge is 2.13. The second kappa shape index (κ2) is 5.48. The normalized spacial score (nSPS) is 11.5. The third-order valence-corrected chi connectivity index (χ3v) is 3.60. The molecule has 1 aromatic carbocycles. The van der Waals surface area contributed by atoms with E-state index in [4.69, 9.17) is 0 Å².